The van der Waals surface area contributed by atoms with E-state index in [0.717, 1.165) is 35.6 Å². The highest BCUT2D eigenvalue weighted by Crippen LogP contribution is 2.33. The Balaban J connectivity index is 1.50. The number of amides is 1. The van der Waals surface area contributed by atoms with Crippen molar-refractivity contribution >= 4 is 21.9 Å². The van der Waals surface area contributed by atoms with E-state index in [9.17, 15) is 23.1 Å². The number of benzene rings is 2. The molecular formula is C32H42N2O9S. The Morgan fingerprint density at radius 2 is 1.66 bits per heavy atom. The van der Waals surface area contributed by atoms with Crippen molar-refractivity contribution in [3.8, 4) is 5.75 Å². The van der Waals surface area contributed by atoms with Crippen molar-refractivity contribution in [1.82, 2.24) is 9.21 Å². The van der Waals surface area contributed by atoms with Gasteiger partial charge in [-0.3, -0.25) is 4.79 Å². The maximum Gasteiger partial charge on any atom is 0.337 e. The molecule has 2 aliphatic rings. The molecule has 0 saturated heterocycles. The van der Waals surface area contributed by atoms with Crippen molar-refractivity contribution in [2.75, 3.05) is 47.6 Å². The lowest BCUT2D eigenvalue weighted by Gasteiger charge is -2.35. The van der Waals surface area contributed by atoms with Crippen LogP contribution in [0.5, 0.6) is 5.75 Å². The summed E-state index contributed by atoms with van der Waals surface area (Å²) in [5.41, 5.74) is 1.28. The predicted octanol–water partition coefficient (Wildman–Crippen LogP) is 3.69. The average Bonchev–Trinajstić information content (AvgIpc) is 3.07. The van der Waals surface area contributed by atoms with E-state index >= 15 is 0 Å². The molecule has 12 heteroatoms. The largest absolute Gasteiger partial charge is 0.497 e. The molecule has 1 N–H and O–H groups in total. The van der Waals surface area contributed by atoms with E-state index in [2.05, 4.69) is 0 Å². The third-order valence-corrected chi connectivity index (χ3v) is 10.1. The summed E-state index contributed by atoms with van der Waals surface area (Å²) in [7, 11) is 0.696. The van der Waals surface area contributed by atoms with E-state index in [1.54, 1.807) is 42.3 Å². The molecule has 2 aromatic rings. The van der Waals surface area contributed by atoms with Gasteiger partial charge in [-0.2, -0.15) is 4.31 Å². The number of ether oxygens (including phenoxy) is 4. The fourth-order valence-electron chi connectivity index (χ4n) is 5.58. The molecule has 0 aromatic heterocycles. The van der Waals surface area contributed by atoms with E-state index < -0.39 is 22.3 Å². The molecule has 4 rings (SSSR count). The lowest BCUT2D eigenvalue weighted by molar-refractivity contribution is -0.153. The highest BCUT2D eigenvalue weighted by Gasteiger charge is 2.33. The van der Waals surface area contributed by atoms with Crippen molar-refractivity contribution in [3.63, 3.8) is 0 Å². The molecule has 11 nitrogen and oxygen atoms in total. The van der Waals surface area contributed by atoms with Crippen LogP contribution in [0.15, 0.2) is 65.3 Å². The minimum Gasteiger partial charge on any atom is -0.497 e. The highest BCUT2D eigenvalue weighted by atomic mass is 32.2. The van der Waals surface area contributed by atoms with Gasteiger partial charge < -0.3 is 29.0 Å². The Labute approximate surface area is 259 Å². The number of sulfonamides is 1. The third-order valence-electron chi connectivity index (χ3n) is 8.16. The van der Waals surface area contributed by atoms with Crippen molar-refractivity contribution in [1.29, 1.82) is 0 Å². The number of methoxy groups -OCH3 is 2. The molecule has 0 radical (unpaired) electrons. The van der Waals surface area contributed by atoms with Gasteiger partial charge in [-0.15, -0.1) is 0 Å². The van der Waals surface area contributed by atoms with Crippen LogP contribution in [-0.2, 0) is 29.0 Å². The number of hydrogen-bond donors (Lipinski definition) is 1. The zero-order chi connectivity index (χ0) is 31.7. The molecule has 2 aromatic carbocycles. The second-order valence-electron chi connectivity index (χ2n) is 10.9. The van der Waals surface area contributed by atoms with Crippen molar-refractivity contribution < 1.29 is 42.1 Å². The van der Waals surface area contributed by atoms with Crippen LogP contribution in [0, 0.1) is 0 Å². The Morgan fingerprint density at radius 1 is 0.977 bits per heavy atom. The van der Waals surface area contributed by atoms with Gasteiger partial charge in [-0.1, -0.05) is 31.4 Å². The van der Waals surface area contributed by atoms with Crippen LogP contribution in [0.25, 0.3) is 0 Å². The molecule has 0 spiro atoms. The van der Waals surface area contributed by atoms with Gasteiger partial charge in [0.05, 0.1) is 37.9 Å². The average molecular weight is 631 g/mol. The molecule has 1 heterocycles. The van der Waals surface area contributed by atoms with E-state index in [1.165, 1.54) is 32.8 Å². The van der Waals surface area contributed by atoms with Crippen molar-refractivity contribution in [2.45, 2.75) is 61.7 Å². The number of likely N-dealkylation sites (N-methyl/N-ethyl adjacent to an activating group) is 1. The van der Waals surface area contributed by atoms with Gasteiger partial charge in [0.2, 0.25) is 16.3 Å². The van der Waals surface area contributed by atoms with Crippen LogP contribution in [0.1, 0.15) is 60.4 Å². The van der Waals surface area contributed by atoms with Gasteiger partial charge in [0.1, 0.15) is 5.75 Å². The summed E-state index contributed by atoms with van der Waals surface area (Å²) in [5.74, 6) is -0.227. The molecule has 2 atom stereocenters. The Kier molecular flexibility index (Phi) is 11.8. The number of allylic oxidation sites excluding steroid dienone is 1. The number of carbonyl (C=O) groups excluding carboxylic acids is 2. The second-order valence-corrected chi connectivity index (χ2v) is 12.9. The van der Waals surface area contributed by atoms with Gasteiger partial charge in [-0.05, 0) is 60.9 Å². The fraction of sp³-hybridized carbons (Fsp3) is 0.500. The Hall–Kier alpha value is -3.45. The number of rotatable bonds is 13. The zero-order valence-corrected chi connectivity index (χ0v) is 26.3. The molecule has 44 heavy (non-hydrogen) atoms. The molecule has 0 unspecified atom stereocenters. The van der Waals surface area contributed by atoms with E-state index in [1.807, 2.05) is 12.1 Å². The van der Waals surface area contributed by atoms with Crippen LogP contribution < -0.4 is 4.74 Å². The number of esters is 1. The van der Waals surface area contributed by atoms with Crippen LogP contribution >= 0.6 is 0 Å². The number of nitrogens with zero attached hydrogens (tertiary/aromatic N) is 2. The number of aliphatic hydroxyl groups is 1. The summed E-state index contributed by atoms with van der Waals surface area (Å²) in [5, 5.41) is 9.59. The van der Waals surface area contributed by atoms with Gasteiger partial charge >= 0.3 is 5.97 Å². The first-order chi connectivity index (χ1) is 21.2. The Morgan fingerprint density at radius 3 is 2.27 bits per heavy atom. The maximum atomic E-state index is 13.6. The summed E-state index contributed by atoms with van der Waals surface area (Å²) in [6, 6.07) is 13.1. The molecule has 0 bridgehead atoms. The molecular weight excluding hydrogens is 588 g/mol. The molecule has 1 aliphatic heterocycles. The number of aliphatic hydroxyl groups excluding tert-OH is 1. The topological polar surface area (TPSA) is 132 Å². The van der Waals surface area contributed by atoms with Gasteiger partial charge in [0.15, 0.2) is 5.76 Å². The van der Waals surface area contributed by atoms with E-state index in [4.69, 9.17) is 18.9 Å². The first-order valence-corrected chi connectivity index (χ1v) is 16.3. The van der Waals surface area contributed by atoms with Crippen LogP contribution in [0.2, 0.25) is 0 Å². The van der Waals surface area contributed by atoms with Crippen molar-refractivity contribution in [2.24, 2.45) is 0 Å². The quantitative estimate of drug-likeness (QED) is 0.329. The maximum absolute atomic E-state index is 13.6. The van der Waals surface area contributed by atoms with Crippen LogP contribution in [-0.4, -0.2) is 94.5 Å². The minimum atomic E-state index is -3.92. The predicted molar refractivity (Wildman–Crippen MR) is 163 cm³/mol. The Bertz CT molecular complexity index is 1390. The lowest BCUT2D eigenvalue weighted by atomic mass is 9.91. The summed E-state index contributed by atoms with van der Waals surface area (Å²) >= 11 is 0. The van der Waals surface area contributed by atoms with Gasteiger partial charge in [0.25, 0.3) is 5.91 Å². The first kappa shape index (κ1) is 33.4. The number of hydrogen-bond acceptors (Lipinski definition) is 9. The first-order valence-electron chi connectivity index (χ1n) is 14.9. The third kappa shape index (κ3) is 8.17. The smallest absolute Gasteiger partial charge is 0.337 e. The van der Waals surface area contributed by atoms with Gasteiger partial charge in [-0.25, -0.2) is 13.2 Å². The summed E-state index contributed by atoms with van der Waals surface area (Å²) in [6.07, 6.45) is 6.53. The standard InChI is InChI=1S/C32H42N2O9S/c1-33(26-7-5-4-6-8-26)31(36)29-21-25(23-9-11-24(12-10-23)32(37)41-3)22-30(43-29)42-20-18-34(17-19-35)44(38,39)28-15-13-27(40-2)14-16-28/h9-16,21,25-26,30,35H,4-8,17-20,22H2,1-3H3/t25-,30+/m0/s1. The van der Waals surface area contributed by atoms with E-state index in [-0.39, 0.29) is 54.8 Å². The van der Waals surface area contributed by atoms with Crippen molar-refractivity contribution in [3.05, 3.63) is 71.5 Å². The molecule has 1 amide bonds. The van der Waals surface area contributed by atoms with Crippen LogP contribution in [0.3, 0.4) is 0 Å². The monoisotopic (exact) mass is 630 g/mol. The zero-order valence-electron chi connectivity index (χ0n) is 25.5. The second kappa shape index (κ2) is 15.5. The van der Waals surface area contributed by atoms with Crippen LogP contribution in [0.4, 0.5) is 0 Å². The summed E-state index contributed by atoms with van der Waals surface area (Å²) in [6.45, 7) is -0.557. The molecule has 1 saturated carbocycles. The fourth-order valence-corrected chi connectivity index (χ4v) is 7.00. The lowest BCUT2D eigenvalue weighted by Crippen LogP contribution is -2.41. The van der Waals surface area contributed by atoms with E-state index in [0.29, 0.717) is 17.7 Å². The molecule has 240 valence electrons. The normalized spacial score (nSPS) is 19.2. The minimum absolute atomic E-state index is 0.0337. The highest BCUT2D eigenvalue weighted by molar-refractivity contribution is 7.89. The molecule has 1 aliphatic carbocycles. The summed E-state index contributed by atoms with van der Waals surface area (Å²) in [4.78, 5) is 27.3. The SMILES string of the molecule is COC(=O)c1ccc([C@H]2C=C(C(=O)N(C)C3CCCCC3)O[C@@H](OCCN(CCO)S(=O)(=O)c3ccc(OC)cc3)C2)cc1. The summed E-state index contributed by atoms with van der Waals surface area (Å²) < 4.78 is 49.8. The van der Waals surface area contributed by atoms with Gasteiger partial charge in [0, 0.05) is 38.5 Å². The molecule has 1 fully saturated rings. The number of carbonyl (C=O) groups is 2.